The summed E-state index contributed by atoms with van der Waals surface area (Å²) in [5, 5.41) is 15.7. The lowest BCUT2D eigenvalue weighted by Crippen LogP contribution is -2.47. The Labute approximate surface area is 199 Å². The number of benzene rings is 1. The SMILES string of the molecule is CCNC(=O)Nc1ccc(-c2nc3c(c(N4CCOCC4)n2)CCN(C(=O)C(C)(C)O)C3)cc1. The van der Waals surface area contributed by atoms with Crippen molar-refractivity contribution in [2.45, 2.75) is 39.3 Å². The van der Waals surface area contributed by atoms with E-state index in [9.17, 15) is 14.7 Å². The van der Waals surface area contributed by atoms with Gasteiger partial charge in [-0.1, -0.05) is 0 Å². The van der Waals surface area contributed by atoms with Gasteiger partial charge in [-0.05, 0) is 51.5 Å². The molecule has 1 fully saturated rings. The van der Waals surface area contributed by atoms with Crippen molar-refractivity contribution in [2.24, 2.45) is 0 Å². The predicted molar refractivity (Wildman–Crippen MR) is 129 cm³/mol. The summed E-state index contributed by atoms with van der Waals surface area (Å²) >= 11 is 0. The van der Waals surface area contributed by atoms with E-state index in [1.54, 1.807) is 4.90 Å². The number of rotatable bonds is 5. The quantitative estimate of drug-likeness (QED) is 0.612. The summed E-state index contributed by atoms with van der Waals surface area (Å²) < 4.78 is 5.52. The van der Waals surface area contributed by atoms with Crippen molar-refractivity contribution in [1.29, 1.82) is 0 Å². The molecule has 3 heterocycles. The number of fused-ring (bicyclic) bond motifs is 1. The van der Waals surface area contributed by atoms with Gasteiger partial charge in [0.2, 0.25) is 0 Å². The van der Waals surface area contributed by atoms with Gasteiger partial charge in [-0.15, -0.1) is 0 Å². The van der Waals surface area contributed by atoms with Gasteiger partial charge in [-0.3, -0.25) is 4.79 Å². The van der Waals surface area contributed by atoms with E-state index in [4.69, 9.17) is 14.7 Å². The van der Waals surface area contributed by atoms with Gasteiger partial charge in [0, 0.05) is 43.0 Å². The van der Waals surface area contributed by atoms with E-state index in [2.05, 4.69) is 15.5 Å². The number of nitrogens with zero attached hydrogens (tertiary/aromatic N) is 4. The first-order valence-electron chi connectivity index (χ1n) is 11.7. The Morgan fingerprint density at radius 3 is 2.47 bits per heavy atom. The van der Waals surface area contributed by atoms with Crippen molar-refractivity contribution in [3.8, 4) is 11.4 Å². The van der Waals surface area contributed by atoms with Gasteiger partial charge in [0.15, 0.2) is 5.82 Å². The predicted octanol–water partition coefficient (Wildman–Crippen LogP) is 1.78. The molecular weight excluding hydrogens is 436 g/mol. The number of urea groups is 1. The van der Waals surface area contributed by atoms with E-state index in [0.29, 0.717) is 50.8 Å². The highest BCUT2D eigenvalue weighted by Crippen LogP contribution is 2.31. The number of amides is 3. The average molecular weight is 469 g/mol. The Kier molecular flexibility index (Phi) is 6.99. The number of ether oxygens (including phenoxy) is 1. The third-order valence-electron chi connectivity index (χ3n) is 5.90. The van der Waals surface area contributed by atoms with Crippen LogP contribution in [0.15, 0.2) is 24.3 Å². The molecule has 3 amide bonds. The van der Waals surface area contributed by atoms with Crippen LogP contribution in [0.5, 0.6) is 0 Å². The normalized spacial score (nSPS) is 16.1. The Morgan fingerprint density at radius 2 is 1.82 bits per heavy atom. The first-order chi connectivity index (χ1) is 16.3. The zero-order valence-corrected chi connectivity index (χ0v) is 19.9. The fourth-order valence-corrected chi connectivity index (χ4v) is 4.18. The zero-order valence-electron chi connectivity index (χ0n) is 19.9. The molecule has 1 saturated heterocycles. The molecule has 0 aliphatic carbocycles. The van der Waals surface area contributed by atoms with Crippen molar-refractivity contribution in [3.63, 3.8) is 0 Å². The zero-order chi connectivity index (χ0) is 24.3. The molecule has 0 atom stereocenters. The third-order valence-corrected chi connectivity index (χ3v) is 5.90. The van der Waals surface area contributed by atoms with Crippen molar-refractivity contribution in [3.05, 3.63) is 35.5 Å². The fraction of sp³-hybridized carbons (Fsp3) is 0.500. The van der Waals surface area contributed by atoms with Crippen LogP contribution in [-0.2, 0) is 22.5 Å². The van der Waals surface area contributed by atoms with Crippen LogP contribution >= 0.6 is 0 Å². The summed E-state index contributed by atoms with van der Waals surface area (Å²) in [5.41, 5.74) is 1.88. The first-order valence-corrected chi connectivity index (χ1v) is 11.7. The molecule has 10 nitrogen and oxygen atoms in total. The molecule has 4 rings (SSSR count). The van der Waals surface area contributed by atoms with E-state index in [1.165, 1.54) is 13.8 Å². The number of nitrogens with one attached hydrogen (secondary N) is 2. The largest absolute Gasteiger partial charge is 0.381 e. The number of aromatic nitrogens is 2. The van der Waals surface area contributed by atoms with Crippen LogP contribution in [-0.4, -0.2) is 76.9 Å². The number of carbonyl (C=O) groups is 2. The second kappa shape index (κ2) is 9.94. The molecule has 3 N–H and O–H groups in total. The Bertz CT molecular complexity index is 1040. The molecule has 34 heavy (non-hydrogen) atoms. The maximum Gasteiger partial charge on any atom is 0.319 e. The molecule has 0 radical (unpaired) electrons. The van der Waals surface area contributed by atoms with Crippen LogP contribution in [0.2, 0.25) is 0 Å². The van der Waals surface area contributed by atoms with Gasteiger partial charge >= 0.3 is 6.03 Å². The highest BCUT2D eigenvalue weighted by atomic mass is 16.5. The molecule has 1 aromatic carbocycles. The summed E-state index contributed by atoms with van der Waals surface area (Å²) in [7, 11) is 0. The van der Waals surface area contributed by atoms with E-state index < -0.39 is 5.60 Å². The Morgan fingerprint density at radius 1 is 1.12 bits per heavy atom. The number of aliphatic hydroxyl groups is 1. The number of hydrogen-bond acceptors (Lipinski definition) is 7. The van der Waals surface area contributed by atoms with Crippen molar-refractivity contribution >= 4 is 23.4 Å². The molecule has 0 saturated carbocycles. The topological polar surface area (TPSA) is 120 Å². The standard InChI is InChI=1S/C24H32N6O4/c1-4-25-23(32)26-17-7-5-16(6-8-17)20-27-19-15-30(22(31)24(2,3)33)10-9-18(19)21(28-20)29-11-13-34-14-12-29/h5-8,33H,4,9-15H2,1-3H3,(H2,25,26,32). The molecular formula is C24H32N6O4. The summed E-state index contributed by atoms with van der Waals surface area (Å²) in [4.78, 5) is 38.1. The molecule has 0 spiro atoms. The maximum atomic E-state index is 12.7. The van der Waals surface area contributed by atoms with Crippen LogP contribution in [0.4, 0.5) is 16.3 Å². The van der Waals surface area contributed by atoms with Crippen LogP contribution in [0.25, 0.3) is 11.4 Å². The number of anilines is 2. The third kappa shape index (κ3) is 5.28. The monoisotopic (exact) mass is 468 g/mol. The van der Waals surface area contributed by atoms with Gasteiger partial charge in [0.25, 0.3) is 5.91 Å². The van der Waals surface area contributed by atoms with E-state index in [1.807, 2.05) is 31.2 Å². The molecule has 10 heteroatoms. The van der Waals surface area contributed by atoms with E-state index >= 15 is 0 Å². The van der Waals surface area contributed by atoms with Crippen LogP contribution < -0.4 is 15.5 Å². The second-order valence-electron chi connectivity index (χ2n) is 8.99. The minimum absolute atomic E-state index is 0.258. The molecule has 2 aliphatic rings. The lowest BCUT2D eigenvalue weighted by molar-refractivity contribution is -0.148. The fourth-order valence-electron chi connectivity index (χ4n) is 4.18. The first kappa shape index (κ1) is 23.9. The van der Waals surface area contributed by atoms with Gasteiger partial charge < -0.3 is 30.3 Å². The van der Waals surface area contributed by atoms with E-state index in [0.717, 1.165) is 35.7 Å². The molecule has 1 aromatic heterocycles. The highest BCUT2D eigenvalue weighted by molar-refractivity contribution is 5.89. The number of morpholine rings is 1. The van der Waals surface area contributed by atoms with Crippen LogP contribution in [0, 0.1) is 0 Å². The maximum absolute atomic E-state index is 12.7. The minimum Gasteiger partial charge on any atom is -0.381 e. The van der Waals surface area contributed by atoms with Crippen molar-refractivity contribution in [1.82, 2.24) is 20.2 Å². The second-order valence-corrected chi connectivity index (χ2v) is 8.99. The van der Waals surface area contributed by atoms with Crippen molar-refractivity contribution in [2.75, 3.05) is 49.6 Å². The Balaban J connectivity index is 1.67. The number of carbonyl (C=O) groups excluding carboxylic acids is 2. The number of hydrogen-bond donors (Lipinski definition) is 3. The minimum atomic E-state index is -1.44. The van der Waals surface area contributed by atoms with Crippen LogP contribution in [0.1, 0.15) is 32.0 Å². The van der Waals surface area contributed by atoms with E-state index in [-0.39, 0.29) is 11.9 Å². The summed E-state index contributed by atoms with van der Waals surface area (Å²) in [6.45, 7) is 9.00. The molecule has 2 aromatic rings. The van der Waals surface area contributed by atoms with Crippen molar-refractivity contribution < 1.29 is 19.4 Å². The molecule has 182 valence electrons. The van der Waals surface area contributed by atoms with Gasteiger partial charge in [-0.25, -0.2) is 14.8 Å². The lowest BCUT2D eigenvalue weighted by Gasteiger charge is -2.35. The highest BCUT2D eigenvalue weighted by Gasteiger charge is 2.34. The van der Waals surface area contributed by atoms with Gasteiger partial charge in [0.1, 0.15) is 11.4 Å². The summed E-state index contributed by atoms with van der Waals surface area (Å²) in [6, 6.07) is 7.10. The Hall–Kier alpha value is -3.24. The lowest BCUT2D eigenvalue weighted by atomic mass is 10.0. The summed E-state index contributed by atoms with van der Waals surface area (Å²) in [6.07, 6.45) is 0.625. The average Bonchev–Trinajstić information content (AvgIpc) is 2.83. The summed E-state index contributed by atoms with van der Waals surface area (Å²) in [5.74, 6) is 1.12. The molecule has 2 aliphatic heterocycles. The molecule has 0 unspecified atom stereocenters. The van der Waals surface area contributed by atoms with Gasteiger partial charge in [-0.2, -0.15) is 0 Å². The van der Waals surface area contributed by atoms with Crippen LogP contribution in [0.3, 0.4) is 0 Å². The van der Waals surface area contributed by atoms with Gasteiger partial charge in [0.05, 0.1) is 25.5 Å². The molecule has 0 bridgehead atoms. The smallest absolute Gasteiger partial charge is 0.319 e.